The fourth-order valence-electron chi connectivity index (χ4n) is 5.42. The summed E-state index contributed by atoms with van der Waals surface area (Å²) in [6.45, 7) is 13.3. The van der Waals surface area contributed by atoms with Crippen molar-refractivity contribution in [2.24, 2.45) is 5.92 Å². The topological polar surface area (TPSA) is 181 Å². The molecule has 0 atom stereocenters. The van der Waals surface area contributed by atoms with Crippen LogP contribution in [0.25, 0.3) is 21.9 Å². The molecular weight excluding hydrogens is 677 g/mol. The molecule has 0 aliphatic carbocycles. The summed E-state index contributed by atoms with van der Waals surface area (Å²) in [6, 6.07) is 8.86. The highest BCUT2D eigenvalue weighted by Crippen LogP contribution is 2.40. The molecule has 0 saturated carbocycles. The number of carbonyl (C=O) groups is 3. The minimum absolute atomic E-state index is 0.0455. The Hall–Kier alpha value is -5.85. The summed E-state index contributed by atoms with van der Waals surface area (Å²) in [7, 11) is 1.48. The van der Waals surface area contributed by atoms with Gasteiger partial charge in [-0.15, -0.1) is 0 Å². The number of nitriles is 1. The van der Waals surface area contributed by atoms with E-state index in [9.17, 15) is 19.6 Å². The van der Waals surface area contributed by atoms with Gasteiger partial charge in [0.1, 0.15) is 40.0 Å². The maximum Gasteiger partial charge on any atom is 0.414 e. The Bertz CT molecular complexity index is 2040. The Morgan fingerprint density at radius 1 is 1.04 bits per heavy atom. The molecule has 0 radical (unpaired) electrons. The lowest BCUT2D eigenvalue weighted by Gasteiger charge is -2.40. The quantitative estimate of drug-likeness (QED) is 0.140. The number of hydrogen-bond acceptors (Lipinski definition) is 12. The average molecular weight is 720 g/mol. The lowest BCUT2D eigenvalue weighted by molar-refractivity contribution is -0.145. The molecule has 4 aromatic rings. The van der Waals surface area contributed by atoms with Crippen molar-refractivity contribution in [1.82, 2.24) is 20.3 Å². The van der Waals surface area contributed by atoms with Crippen molar-refractivity contribution in [2.45, 2.75) is 59.7 Å². The van der Waals surface area contributed by atoms with Crippen molar-refractivity contribution in [3.05, 3.63) is 41.7 Å². The second kappa shape index (κ2) is 14.8. The summed E-state index contributed by atoms with van der Waals surface area (Å²) >= 11 is 0. The number of rotatable bonds is 10. The van der Waals surface area contributed by atoms with Crippen LogP contribution in [0, 0.1) is 23.1 Å². The third-order valence-electron chi connectivity index (χ3n) is 7.56. The van der Waals surface area contributed by atoms with Gasteiger partial charge in [0.25, 0.3) is 0 Å². The molecule has 2 aromatic carbocycles. The van der Waals surface area contributed by atoms with Crippen LogP contribution in [-0.4, -0.2) is 84.2 Å². The van der Waals surface area contributed by atoms with Crippen LogP contribution in [0.5, 0.6) is 17.5 Å². The molecule has 16 heteroatoms. The van der Waals surface area contributed by atoms with Gasteiger partial charge in [0.05, 0.1) is 34.8 Å². The second-order valence-corrected chi connectivity index (χ2v) is 14.2. The van der Waals surface area contributed by atoms with Gasteiger partial charge >= 0.3 is 24.2 Å². The van der Waals surface area contributed by atoms with Crippen LogP contribution in [0.3, 0.4) is 0 Å². The van der Waals surface area contributed by atoms with Crippen LogP contribution in [0.1, 0.15) is 54.0 Å². The van der Waals surface area contributed by atoms with E-state index < -0.39 is 35.2 Å². The number of halogens is 1. The smallest absolute Gasteiger partial charge is 0.414 e. The molecule has 1 fully saturated rings. The molecule has 0 bridgehead atoms. The standard InChI is InChI=1S/C36H42FN7O8/c1-9-48-27(45)19-49-23-10-20(15-38)11-24(14-23)50-32-41-30-28(31(42-32)44-17-21(18-44)16-39-33(46)51-35(2,3)4)25-12-22(37)13-26(29(25)40-30)43(8)34(47)52-36(5,6)7/h10-14,21H,9,16-19H2,1-8H3,(H,39,46)(H,40,41,42). The molecule has 5 rings (SSSR count). The predicted molar refractivity (Wildman–Crippen MR) is 189 cm³/mol. The third-order valence-corrected chi connectivity index (χ3v) is 7.56. The molecule has 0 spiro atoms. The van der Waals surface area contributed by atoms with E-state index in [2.05, 4.69) is 15.3 Å². The fourth-order valence-corrected chi connectivity index (χ4v) is 5.42. The molecular formula is C36H42FN7O8. The van der Waals surface area contributed by atoms with Crippen molar-refractivity contribution in [2.75, 3.05) is 49.7 Å². The van der Waals surface area contributed by atoms with Gasteiger partial charge in [-0.2, -0.15) is 15.2 Å². The van der Waals surface area contributed by atoms with Gasteiger partial charge in [0.15, 0.2) is 6.61 Å². The lowest BCUT2D eigenvalue weighted by Crippen LogP contribution is -2.52. The first kappa shape index (κ1) is 37.4. The highest BCUT2D eigenvalue weighted by atomic mass is 19.1. The summed E-state index contributed by atoms with van der Waals surface area (Å²) in [5, 5.41) is 13.3. The Morgan fingerprint density at radius 2 is 1.73 bits per heavy atom. The second-order valence-electron chi connectivity index (χ2n) is 14.2. The van der Waals surface area contributed by atoms with Gasteiger partial charge in [-0.1, -0.05) is 0 Å². The molecule has 2 N–H and O–H groups in total. The number of ether oxygens (including phenoxy) is 5. The molecule has 2 aromatic heterocycles. The number of H-pyrrole nitrogens is 1. The number of aromatic nitrogens is 3. The number of carbonyl (C=O) groups excluding carboxylic acids is 3. The Morgan fingerprint density at radius 3 is 2.38 bits per heavy atom. The van der Waals surface area contributed by atoms with Crippen molar-refractivity contribution < 1.29 is 42.5 Å². The minimum atomic E-state index is -0.790. The van der Waals surface area contributed by atoms with Crippen LogP contribution in [0.4, 0.5) is 25.5 Å². The van der Waals surface area contributed by atoms with E-state index in [0.29, 0.717) is 41.7 Å². The van der Waals surface area contributed by atoms with Crippen LogP contribution < -0.4 is 24.6 Å². The van der Waals surface area contributed by atoms with E-state index in [-0.39, 0.29) is 53.5 Å². The number of amides is 2. The first-order chi connectivity index (χ1) is 24.4. The summed E-state index contributed by atoms with van der Waals surface area (Å²) in [5.41, 5.74) is -0.338. The summed E-state index contributed by atoms with van der Waals surface area (Å²) < 4.78 is 42.7. The summed E-state index contributed by atoms with van der Waals surface area (Å²) in [6.07, 6.45) is -1.21. The summed E-state index contributed by atoms with van der Waals surface area (Å²) in [5.74, 6) is -0.389. The van der Waals surface area contributed by atoms with E-state index >= 15 is 4.39 Å². The van der Waals surface area contributed by atoms with Crippen molar-refractivity contribution >= 4 is 51.6 Å². The Labute approximate surface area is 299 Å². The predicted octanol–water partition coefficient (Wildman–Crippen LogP) is 6.19. The number of hydrogen-bond donors (Lipinski definition) is 2. The molecule has 3 heterocycles. The molecule has 0 unspecified atom stereocenters. The molecule has 2 amide bonds. The van der Waals surface area contributed by atoms with Crippen LogP contribution in [0.15, 0.2) is 30.3 Å². The van der Waals surface area contributed by atoms with Crippen molar-refractivity contribution in [1.29, 1.82) is 5.26 Å². The third kappa shape index (κ3) is 9.08. The van der Waals surface area contributed by atoms with Gasteiger partial charge in [-0.05, 0) is 72.7 Å². The number of aromatic amines is 1. The fraction of sp³-hybridized carbons (Fsp3) is 0.444. The minimum Gasteiger partial charge on any atom is -0.482 e. The first-order valence-electron chi connectivity index (χ1n) is 16.7. The maximum absolute atomic E-state index is 15.3. The van der Waals surface area contributed by atoms with E-state index in [4.69, 9.17) is 28.7 Å². The SMILES string of the molecule is CCOC(=O)COc1cc(C#N)cc(Oc2nc(N3CC(CNC(=O)OC(C)(C)C)C3)c3c(n2)[nH]c2c(N(C)C(=O)OC(C)(C)C)cc(F)cc23)c1. The van der Waals surface area contributed by atoms with Gasteiger partial charge in [-0.3, -0.25) is 4.90 Å². The number of alkyl carbamates (subject to hydrolysis) is 1. The molecule has 1 saturated heterocycles. The van der Waals surface area contributed by atoms with Gasteiger partial charge in [-0.25, -0.2) is 18.8 Å². The molecule has 1 aliphatic heterocycles. The zero-order valence-corrected chi connectivity index (χ0v) is 30.4. The largest absolute Gasteiger partial charge is 0.482 e. The maximum atomic E-state index is 15.3. The van der Waals surface area contributed by atoms with E-state index in [1.54, 1.807) is 48.5 Å². The number of nitrogens with one attached hydrogen (secondary N) is 2. The Balaban J connectivity index is 1.53. The monoisotopic (exact) mass is 719 g/mol. The van der Waals surface area contributed by atoms with Crippen LogP contribution in [0.2, 0.25) is 0 Å². The normalized spacial score (nSPS) is 13.3. The number of anilines is 2. The number of esters is 1. The van der Waals surface area contributed by atoms with Crippen molar-refractivity contribution in [3.8, 4) is 23.6 Å². The first-order valence-corrected chi connectivity index (χ1v) is 16.7. The van der Waals surface area contributed by atoms with Crippen LogP contribution in [-0.2, 0) is 19.0 Å². The van der Waals surface area contributed by atoms with Gasteiger partial charge in [0, 0.05) is 44.1 Å². The molecule has 15 nitrogen and oxygen atoms in total. The van der Waals surface area contributed by atoms with Crippen LogP contribution >= 0.6 is 0 Å². The zero-order valence-electron chi connectivity index (χ0n) is 30.4. The highest BCUT2D eigenvalue weighted by molar-refractivity contribution is 6.16. The lowest BCUT2D eigenvalue weighted by atomic mass is 9.99. The van der Waals surface area contributed by atoms with E-state index in [0.717, 1.165) is 0 Å². The van der Waals surface area contributed by atoms with Crippen molar-refractivity contribution in [3.63, 3.8) is 0 Å². The number of nitrogens with zero attached hydrogens (tertiary/aromatic N) is 5. The number of fused-ring (bicyclic) bond motifs is 3. The average Bonchev–Trinajstić information content (AvgIpc) is 3.38. The van der Waals surface area contributed by atoms with E-state index in [1.165, 1.54) is 42.3 Å². The van der Waals surface area contributed by atoms with Gasteiger partial charge < -0.3 is 38.9 Å². The molecule has 1 aliphatic rings. The zero-order chi connectivity index (χ0) is 38.0. The number of benzene rings is 2. The molecule has 52 heavy (non-hydrogen) atoms. The van der Waals surface area contributed by atoms with E-state index in [1.807, 2.05) is 11.0 Å². The summed E-state index contributed by atoms with van der Waals surface area (Å²) in [4.78, 5) is 52.9. The molecule has 276 valence electrons. The Kier molecular flexibility index (Phi) is 10.6. The highest BCUT2D eigenvalue weighted by Gasteiger charge is 2.33. The van der Waals surface area contributed by atoms with Gasteiger partial charge in [0.2, 0.25) is 0 Å².